The summed E-state index contributed by atoms with van der Waals surface area (Å²) in [7, 11) is 0. The standard InChI is InChI=1S/C13H15FO4/c14-13(12(15)16,10-4-2-1-3-5-10)7-6-11-17-8-9-18-11/h1-5,11H,6-9H2,(H,15,16). The van der Waals surface area contributed by atoms with Gasteiger partial charge in [-0.25, -0.2) is 9.18 Å². The third-order valence-corrected chi connectivity index (χ3v) is 2.99. The highest BCUT2D eigenvalue weighted by Crippen LogP contribution is 2.33. The Labute approximate surface area is 104 Å². The van der Waals surface area contributed by atoms with Crippen LogP contribution in [0.3, 0.4) is 0 Å². The molecule has 0 bridgehead atoms. The summed E-state index contributed by atoms with van der Waals surface area (Å²) in [5, 5.41) is 9.10. The van der Waals surface area contributed by atoms with Gasteiger partial charge in [-0.15, -0.1) is 0 Å². The molecule has 1 aromatic rings. The molecule has 5 heteroatoms. The smallest absolute Gasteiger partial charge is 0.346 e. The van der Waals surface area contributed by atoms with Crippen LogP contribution in [0.1, 0.15) is 18.4 Å². The maximum Gasteiger partial charge on any atom is 0.346 e. The number of hydrogen-bond acceptors (Lipinski definition) is 3. The minimum atomic E-state index is -2.39. The topological polar surface area (TPSA) is 55.8 Å². The highest BCUT2D eigenvalue weighted by atomic mass is 19.1. The lowest BCUT2D eigenvalue weighted by Crippen LogP contribution is -2.32. The van der Waals surface area contributed by atoms with Crippen LogP contribution in [0, 0.1) is 0 Å². The molecule has 0 spiro atoms. The number of carbonyl (C=O) groups is 1. The Morgan fingerprint density at radius 1 is 1.33 bits per heavy atom. The highest BCUT2D eigenvalue weighted by Gasteiger charge is 2.41. The van der Waals surface area contributed by atoms with Crippen LogP contribution < -0.4 is 0 Å². The van der Waals surface area contributed by atoms with E-state index in [-0.39, 0.29) is 18.4 Å². The van der Waals surface area contributed by atoms with Crippen molar-refractivity contribution in [3.8, 4) is 0 Å². The first-order valence-corrected chi connectivity index (χ1v) is 5.84. The molecule has 18 heavy (non-hydrogen) atoms. The van der Waals surface area contributed by atoms with Gasteiger partial charge < -0.3 is 14.6 Å². The predicted molar refractivity (Wildman–Crippen MR) is 61.8 cm³/mol. The molecule has 1 N–H and O–H groups in total. The van der Waals surface area contributed by atoms with Crippen molar-refractivity contribution in [2.45, 2.75) is 24.8 Å². The predicted octanol–water partition coefficient (Wildman–Crippen LogP) is 2.09. The summed E-state index contributed by atoms with van der Waals surface area (Å²) in [6, 6.07) is 7.91. The third-order valence-electron chi connectivity index (χ3n) is 2.99. The van der Waals surface area contributed by atoms with E-state index < -0.39 is 17.9 Å². The fourth-order valence-corrected chi connectivity index (χ4v) is 1.97. The van der Waals surface area contributed by atoms with Gasteiger partial charge in [-0.2, -0.15) is 0 Å². The van der Waals surface area contributed by atoms with E-state index in [1.165, 1.54) is 12.1 Å². The van der Waals surface area contributed by atoms with Gasteiger partial charge in [0.15, 0.2) is 6.29 Å². The molecular weight excluding hydrogens is 239 g/mol. The van der Waals surface area contributed by atoms with Crippen molar-refractivity contribution in [2.24, 2.45) is 0 Å². The number of carboxylic acid groups (broad SMARTS) is 1. The van der Waals surface area contributed by atoms with Crippen LogP contribution >= 0.6 is 0 Å². The van der Waals surface area contributed by atoms with Crippen molar-refractivity contribution < 1.29 is 23.8 Å². The van der Waals surface area contributed by atoms with Crippen LogP contribution in [0.25, 0.3) is 0 Å². The molecule has 1 saturated heterocycles. The molecule has 2 rings (SSSR count). The zero-order chi connectivity index (χ0) is 13.0. The zero-order valence-electron chi connectivity index (χ0n) is 9.84. The molecule has 1 unspecified atom stereocenters. The average Bonchev–Trinajstić information content (AvgIpc) is 2.90. The number of ether oxygens (including phenoxy) is 2. The summed E-state index contributed by atoms with van der Waals surface area (Å²) in [5.41, 5.74) is -2.24. The first-order valence-electron chi connectivity index (χ1n) is 5.84. The summed E-state index contributed by atoms with van der Waals surface area (Å²) in [5.74, 6) is -1.48. The molecule has 1 heterocycles. The quantitative estimate of drug-likeness (QED) is 0.874. The summed E-state index contributed by atoms with van der Waals surface area (Å²) < 4.78 is 25.0. The van der Waals surface area contributed by atoms with E-state index in [4.69, 9.17) is 14.6 Å². The largest absolute Gasteiger partial charge is 0.479 e. The fraction of sp³-hybridized carbons (Fsp3) is 0.462. The number of aliphatic carboxylic acids is 1. The van der Waals surface area contributed by atoms with Crippen molar-refractivity contribution in [3.05, 3.63) is 35.9 Å². The first kappa shape index (κ1) is 13.0. The summed E-state index contributed by atoms with van der Waals surface area (Å²) in [4.78, 5) is 11.2. The van der Waals surface area contributed by atoms with E-state index >= 15 is 0 Å². The van der Waals surface area contributed by atoms with Crippen LogP contribution in [0.15, 0.2) is 30.3 Å². The second kappa shape index (κ2) is 5.46. The molecule has 1 atom stereocenters. The number of hydrogen-bond donors (Lipinski definition) is 1. The van der Waals surface area contributed by atoms with Gasteiger partial charge in [0.25, 0.3) is 0 Å². The van der Waals surface area contributed by atoms with Crippen LogP contribution in [-0.2, 0) is 19.9 Å². The monoisotopic (exact) mass is 254 g/mol. The molecule has 98 valence electrons. The number of carboxylic acids is 1. The molecule has 1 aliphatic heterocycles. The molecule has 0 radical (unpaired) electrons. The molecule has 0 aliphatic carbocycles. The van der Waals surface area contributed by atoms with E-state index in [1.54, 1.807) is 18.2 Å². The maximum atomic E-state index is 14.6. The van der Waals surface area contributed by atoms with Gasteiger partial charge in [0.2, 0.25) is 5.67 Å². The van der Waals surface area contributed by atoms with Gasteiger partial charge in [-0.3, -0.25) is 0 Å². The maximum absolute atomic E-state index is 14.6. The van der Waals surface area contributed by atoms with Crippen LogP contribution in [0.5, 0.6) is 0 Å². The van der Waals surface area contributed by atoms with Crippen LogP contribution in [0.4, 0.5) is 4.39 Å². The third kappa shape index (κ3) is 2.68. The lowest BCUT2D eigenvalue weighted by molar-refractivity contribution is -0.153. The Morgan fingerprint density at radius 3 is 2.50 bits per heavy atom. The highest BCUT2D eigenvalue weighted by molar-refractivity contribution is 5.79. The molecular formula is C13H15FO4. The zero-order valence-corrected chi connectivity index (χ0v) is 9.84. The Kier molecular flexibility index (Phi) is 3.93. The van der Waals surface area contributed by atoms with Crippen LogP contribution in [-0.4, -0.2) is 30.6 Å². The number of alkyl halides is 1. The Bertz CT molecular complexity index is 403. The van der Waals surface area contributed by atoms with Gasteiger partial charge in [-0.1, -0.05) is 30.3 Å². The molecule has 1 aliphatic rings. The van der Waals surface area contributed by atoms with Crippen LogP contribution in [0.2, 0.25) is 0 Å². The second-order valence-electron chi connectivity index (χ2n) is 4.18. The minimum absolute atomic E-state index is 0.149. The van der Waals surface area contributed by atoms with Crippen molar-refractivity contribution in [1.29, 1.82) is 0 Å². The number of benzene rings is 1. The second-order valence-corrected chi connectivity index (χ2v) is 4.18. The Morgan fingerprint density at radius 2 is 1.94 bits per heavy atom. The molecule has 1 aromatic carbocycles. The van der Waals surface area contributed by atoms with Gasteiger partial charge >= 0.3 is 5.97 Å². The van der Waals surface area contributed by atoms with E-state index in [9.17, 15) is 9.18 Å². The summed E-state index contributed by atoms with van der Waals surface area (Å²) >= 11 is 0. The van der Waals surface area contributed by atoms with Gasteiger partial charge in [0.05, 0.1) is 13.2 Å². The SMILES string of the molecule is O=C(O)C(F)(CCC1OCCO1)c1ccccc1. The summed E-state index contributed by atoms with van der Waals surface area (Å²) in [6.07, 6.45) is -0.447. The van der Waals surface area contributed by atoms with Gasteiger partial charge in [0, 0.05) is 18.4 Å². The minimum Gasteiger partial charge on any atom is -0.479 e. The average molecular weight is 254 g/mol. The van der Waals surface area contributed by atoms with Crippen molar-refractivity contribution in [2.75, 3.05) is 13.2 Å². The van der Waals surface area contributed by atoms with E-state index in [0.29, 0.717) is 13.2 Å². The first-order chi connectivity index (χ1) is 8.63. The lowest BCUT2D eigenvalue weighted by Gasteiger charge is -2.22. The van der Waals surface area contributed by atoms with Crippen molar-refractivity contribution in [3.63, 3.8) is 0 Å². The van der Waals surface area contributed by atoms with Crippen molar-refractivity contribution >= 4 is 5.97 Å². The number of rotatable bonds is 5. The normalized spacial score (nSPS) is 19.6. The van der Waals surface area contributed by atoms with E-state index in [1.807, 2.05) is 0 Å². The van der Waals surface area contributed by atoms with Gasteiger partial charge in [0.1, 0.15) is 0 Å². The van der Waals surface area contributed by atoms with Crippen molar-refractivity contribution in [1.82, 2.24) is 0 Å². The Balaban J connectivity index is 2.09. The Hall–Kier alpha value is -1.46. The fourth-order valence-electron chi connectivity index (χ4n) is 1.97. The molecule has 0 amide bonds. The number of halogens is 1. The van der Waals surface area contributed by atoms with E-state index in [2.05, 4.69) is 0 Å². The van der Waals surface area contributed by atoms with Gasteiger partial charge in [-0.05, 0) is 0 Å². The molecule has 4 nitrogen and oxygen atoms in total. The van der Waals surface area contributed by atoms with E-state index in [0.717, 1.165) is 0 Å². The molecule has 1 fully saturated rings. The molecule has 0 saturated carbocycles. The molecule has 0 aromatic heterocycles. The summed E-state index contributed by atoms with van der Waals surface area (Å²) in [6.45, 7) is 0.949. The lowest BCUT2D eigenvalue weighted by atomic mass is 9.91.